The molecule has 0 heterocycles. The Morgan fingerprint density at radius 3 is 2.70 bits per heavy atom. The van der Waals surface area contributed by atoms with Crippen molar-refractivity contribution in [3.63, 3.8) is 0 Å². The van der Waals surface area contributed by atoms with E-state index in [-0.39, 0.29) is 6.04 Å². The molecule has 1 N–H and O–H groups in total. The summed E-state index contributed by atoms with van der Waals surface area (Å²) in [6.45, 7) is 3.91. The van der Waals surface area contributed by atoms with Gasteiger partial charge in [-0.2, -0.15) is 0 Å². The summed E-state index contributed by atoms with van der Waals surface area (Å²) in [5, 5.41) is 4.14. The molecular formula is C15H24BrClN2O. The van der Waals surface area contributed by atoms with Crippen molar-refractivity contribution in [2.24, 2.45) is 0 Å². The molecule has 0 fully saturated rings. The monoisotopic (exact) mass is 362 g/mol. The predicted octanol–water partition coefficient (Wildman–Crippen LogP) is 3.72. The first-order valence-corrected chi connectivity index (χ1v) is 7.98. The lowest BCUT2D eigenvalue weighted by Gasteiger charge is -2.26. The average Bonchev–Trinajstić information content (AvgIpc) is 2.41. The molecule has 0 aliphatic heterocycles. The maximum atomic E-state index is 6.33. The first-order valence-electron chi connectivity index (χ1n) is 6.81. The zero-order valence-electron chi connectivity index (χ0n) is 12.6. The Morgan fingerprint density at radius 1 is 1.45 bits per heavy atom. The molecule has 0 radical (unpaired) electrons. The molecule has 114 valence electrons. The largest absolute Gasteiger partial charge is 0.383 e. The molecule has 5 heteroatoms. The molecule has 2 unspecified atom stereocenters. The van der Waals surface area contributed by atoms with Gasteiger partial charge >= 0.3 is 0 Å². The highest BCUT2D eigenvalue weighted by Gasteiger charge is 2.16. The molecule has 3 nitrogen and oxygen atoms in total. The number of nitrogens with one attached hydrogen (secondary N) is 1. The first kappa shape index (κ1) is 17.9. The Bertz CT molecular complexity index is 417. The van der Waals surface area contributed by atoms with Crippen LogP contribution in [0.25, 0.3) is 0 Å². The summed E-state index contributed by atoms with van der Waals surface area (Å²) < 4.78 is 6.20. The van der Waals surface area contributed by atoms with Crippen molar-refractivity contribution in [1.82, 2.24) is 10.2 Å². The molecular weight excluding hydrogens is 340 g/mol. The zero-order chi connectivity index (χ0) is 15.1. The van der Waals surface area contributed by atoms with Crippen LogP contribution in [0.5, 0.6) is 0 Å². The second-order valence-electron chi connectivity index (χ2n) is 5.08. The van der Waals surface area contributed by atoms with Crippen LogP contribution in [0, 0.1) is 0 Å². The lowest BCUT2D eigenvalue weighted by molar-refractivity contribution is 0.113. The van der Waals surface area contributed by atoms with Gasteiger partial charge in [-0.3, -0.25) is 0 Å². The fraction of sp³-hybridized carbons (Fsp3) is 0.600. The predicted molar refractivity (Wildman–Crippen MR) is 89.5 cm³/mol. The molecule has 0 saturated carbocycles. The Kier molecular flexibility index (Phi) is 8.07. The molecule has 1 aromatic rings. The van der Waals surface area contributed by atoms with Gasteiger partial charge in [0.2, 0.25) is 0 Å². The fourth-order valence-corrected chi connectivity index (χ4v) is 2.97. The summed E-state index contributed by atoms with van der Waals surface area (Å²) in [6.07, 6.45) is 1.00. The van der Waals surface area contributed by atoms with E-state index in [9.17, 15) is 0 Å². The number of nitrogens with zero attached hydrogens (tertiary/aromatic N) is 1. The third kappa shape index (κ3) is 5.34. The lowest BCUT2D eigenvalue weighted by Crippen LogP contribution is -2.35. The van der Waals surface area contributed by atoms with Gasteiger partial charge in [0.25, 0.3) is 0 Å². The SMILES string of the molecule is CNC(CCN(C)C(C)COC)c1ccc(Br)cc1Cl. The molecule has 0 saturated heterocycles. The van der Waals surface area contributed by atoms with Gasteiger partial charge in [0.15, 0.2) is 0 Å². The summed E-state index contributed by atoms with van der Waals surface area (Å²) in [4.78, 5) is 2.31. The lowest BCUT2D eigenvalue weighted by atomic mass is 10.0. The minimum atomic E-state index is 0.257. The van der Waals surface area contributed by atoms with Gasteiger partial charge in [-0.25, -0.2) is 0 Å². The van der Waals surface area contributed by atoms with Gasteiger partial charge in [0.05, 0.1) is 6.61 Å². The van der Waals surface area contributed by atoms with Crippen molar-refractivity contribution in [2.75, 3.05) is 34.4 Å². The molecule has 0 aliphatic carbocycles. The highest BCUT2D eigenvalue weighted by Crippen LogP contribution is 2.28. The summed E-state index contributed by atoms with van der Waals surface area (Å²) >= 11 is 9.77. The van der Waals surface area contributed by atoms with E-state index in [1.54, 1.807) is 7.11 Å². The molecule has 1 aromatic carbocycles. The van der Waals surface area contributed by atoms with Crippen molar-refractivity contribution < 1.29 is 4.74 Å². The summed E-state index contributed by atoms with van der Waals surface area (Å²) in [6, 6.07) is 6.72. The molecule has 0 bridgehead atoms. The van der Waals surface area contributed by atoms with Crippen molar-refractivity contribution in [3.8, 4) is 0 Å². The van der Waals surface area contributed by atoms with Crippen LogP contribution in [-0.4, -0.2) is 45.3 Å². The highest BCUT2D eigenvalue weighted by molar-refractivity contribution is 9.10. The summed E-state index contributed by atoms with van der Waals surface area (Å²) in [5.41, 5.74) is 1.14. The van der Waals surface area contributed by atoms with E-state index in [1.165, 1.54) is 0 Å². The van der Waals surface area contributed by atoms with E-state index >= 15 is 0 Å². The normalized spacial score (nSPS) is 14.6. The topological polar surface area (TPSA) is 24.5 Å². The van der Waals surface area contributed by atoms with Crippen molar-refractivity contribution in [1.29, 1.82) is 0 Å². The minimum Gasteiger partial charge on any atom is -0.383 e. The van der Waals surface area contributed by atoms with Crippen LogP contribution in [0.1, 0.15) is 24.9 Å². The van der Waals surface area contributed by atoms with Crippen LogP contribution in [0.4, 0.5) is 0 Å². The quantitative estimate of drug-likeness (QED) is 0.762. The average molecular weight is 364 g/mol. The summed E-state index contributed by atoms with van der Waals surface area (Å²) in [7, 11) is 5.84. The second-order valence-corrected chi connectivity index (χ2v) is 6.40. The number of rotatable bonds is 8. The standard InChI is InChI=1S/C15H24BrClN2O/c1-11(10-20-4)19(3)8-7-15(18-2)13-6-5-12(16)9-14(13)17/h5-6,9,11,15,18H,7-8,10H2,1-4H3. The van der Waals surface area contributed by atoms with E-state index in [2.05, 4.69) is 46.2 Å². The van der Waals surface area contributed by atoms with E-state index in [0.29, 0.717) is 6.04 Å². The number of hydrogen-bond acceptors (Lipinski definition) is 3. The molecule has 1 rings (SSSR count). The molecule has 0 spiro atoms. The molecule has 2 atom stereocenters. The number of methoxy groups -OCH3 is 1. The molecule has 20 heavy (non-hydrogen) atoms. The maximum absolute atomic E-state index is 6.33. The number of likely N-dealkylation sites (N-methyl/N-ethyl adjacent to an activating group) is 1. The third-order valence-electron chi connectivity index (χ3n) is 3.62. The third-order valence-corrected chi connectivity index (χ3v) is 4.44. The molecule has 0 aliphatic rings. The van der Waals surface area contributed by atoms with Gasteiger partial charge in [-0.15, -0.1) is 0 Å². The highest BCUT2D eigenvalue weighted by atomic mass is 79.9. The van der Waals surface area contributed by atoms with Crippen LogP contribution in [0.2, 0.25) is 5.02 Å². The Balaban J connectivity index is 2.63. The van der Waals surface area contributed by atoms with Crippen LogP contribution < -0.4 is 5.32 Å². The minimum absolute atomic E-state index is 0.257. The van der Waals surface area contributed by atoms with Gasteiger partial charge in [0.1, 0.15) is 0 Å². The van der Waals surface area contributed by atoms with Gasteiger partial charge < -0.3 is 15.0 Å². The van der Waals surface area contributed by atoms with Gasteiger partial charge in [0, 0.05) is 35.2 Å². The zero-order valence-corrected chi connectivity index (χ0v) is 15.0. The maximum Gasteiger partial charge on any atom is 0.0615 e. The Labute approximate surface area is 135 Å². The smallest absolute Gasteiger partial charge is 0.0615 e. The van der Waals surface area contributed by atoms with Gasteiger partial charge in [-0.1, -0.05) is 33.6 Å². The second kappa shape index (κ2) is 9.00. The van der Waals surface area contributed by atoms with Crippen molar-refractivity contribution in [3.05, 3.63) is 33.3 Å². The number of benzene rings is 1. The van der Waals surface area contributed by atoms with Gasteiger partial charge in [-0.05, 0) is 45.1 Å². The molecule has 0 amide bonds. The van der Waals surface area contributed by atoms with Crippen molar-refractivity contribution >= 4 is 27.5 Å². The van der Waals surface area contributed by atoms with Crippen LogP contribution in [-0.2, 0) is 4.74 Å². The number of ether oxygens (including phenoxy) is 1. The van der Waals surface area contributed by atoms with Crippen LogP contribution in [0.3, 0.4) is 0 Å². The fourth-order valence-electron chi connectivity index (χ4n) is 2.16. The van der Waals surface area contributed by atoms with Crippen LogP contribution >= 0.6 is 27.5 Å². The van der Waals surface area contributed by atoms with E-state index in [0.717, 1.165) is 34.6 Å². The van der Waals surface area contributed by atoms with E-state index in [1.807, 2.05) is 19.2 Å². The number of hydrogen-bond donors (Lipinski definition) is 1. The van der Waals surface area contributed by atoms with Crippen molar-refractivity contribution in [2.45, 2.75) is 25.4 Å². The summed E-state index contributed by atoms with van der Waals surface area (Å²) in [5.74, 6) is 0. The first-order chi connectivity index (χ1) is 9.49. The Hall–Kier alpha value is -0.130. The van der Waals surface area contributed by atoms with E-state index in [4.69, 9.17) is 16.3 Å². The number of halogens is 2. The Morgan fingerprint density at radius 2 is 2.15 bits per heavy atom. The van der Waals surface area contributed by atoms with E-state index < -0.39 is 0 Å². The van der Waals surface area contributed by atoms with Crippen LogP contribution in [0.15, 0.2) is 22.7 Å². The molecule has 0 aromatic heterocycles.